The Bertz CT molecular complexity index is 566. The van der Waals surface area contributed by atoms with Crippen molar-refractivity contribution >= 4 is 5.91 Å². The number of carbonyl (C=O) groups excluding carboxylic acids is 1. The lowest BCUT2D eigenvalue weighted by Gasteiger charge is -2.24. The molecule has 1 N–H and O–H groups in total. The van der Waals surface area contributed by atoms with Gasteiger partial charge >= 0.3 is 0 Å². The predicted octanol–water partition coefficient (Wildman–Crippen LogP) is 2.73. The van der Waals surface area contributed by atoms with Crippen LogP contribution in [0.25, 0.3) is 0 Å². The highest BCUT2D eigenvalue weighted by molar-refractivity contribution is 5.78. The summed E-state index contributed by atoms with van der Waals surface area (Å²) in [6.07, 6.45) is 3.88. The van der Waals surface area contributed by atoms with E-state index in [4.69, 9.17) is 4.42 Å². The van der Waals surface area contributed by atoms with Crippen molar-refractivity contribution in [1.82, 2.24) is 10.2 Å². The van der Waals surface area contributed by atoms with E-state index in [-0.39, 0.29) is 5.91 Å². The Hall–Kier alpha value is -2.07. The molecule has 0 unspecified atom stereocenters. The average molecular weight is 284 g/mol. The van der Waals surface area contributed by atoms with Gasteiger partial charge in [-0.25, -0.2) is 0 Å². The van der Waals surface area contributed by atoms with Gasteiger partial charge in [0.2, 0.25) is 5.91 Å². The van der Waals surface area contributed by atoms with Crippen LogP contribution in [-0.4, -0.2) is 23.9 Å². The van der Waals surface area contributed by atoms with Crippen molar-refractivity contribution < 1.29 is 9.21 Å². The smallest absolute Gasteiger partial charge is 0.234 e. The molecule has 3 rings (SSSR count). The number of nitrogens with zero attached hydrogens (tertiary/aromatic N) is 1. The maximum atomic E-state index is 12.1. The molecule has 1 aromatic heterocycles. The second-order valence-corrected chi connectivity index (χ2v) is 5.40. The van der Waals surface area contributed by atoms with Crippen LogP contribution in [-0.2, 0) is 11.3 Å². The first-order valence-electron chi connectivity index (χ1n) is 7.41. The molecule has 0 radical (unpaired) electrons. The number of benzene rings is 1. The number of nitrogens with one attached hydrogen (secondary N) is 1. The summed E-state index contributed by atoms with van der Waals surface area (Å²) in [4.78, 5) is 14.3. The Morgan fingerprint density at radius 3 is 2.86 bits per heavy atom. The second-order valence-electron chi connectivity index (χ2n) is 5.40. The van der Waals surface area contributed by atoms with Crippen molar-refractivity contribution in [2.24, 2.45) is 0 Å². The summed E-state index contributed by atoms with van der Waals surface area (Å²) >= 11 is 0. The van der Waals surface area contributed by atoms with Gasteiger partial charge in [-0.1, -0.05) is 30.3 Å². The van der Waals surface area contributed by atoms with E-state index < -0.39 is 0 Å². The maximum absolute atomic E-state index is 12.1. The zero-order valence-electron chi connectivity index (χ0n) is 12.0. The first-order valence-corrected chi connectivity index (χ1v) is 7.41. The number of furan rings is 1. The van der Waals surface area contributed by atoms with Gasteiger partial charge in [0.05, 0.1) is 19.4 Å². The minimum atomic E-state index is 0.0502. The summed E-state index contributed by atoms with van der Waals surface area (Å²) in [5.74, 6) is 0.832. The van der Waals surface area contributed by atoms with Gasteiger partial charge in [0, 0.05) is 6.04 Å². The zero-order valence-corrected chi connectivity index (χ0v) is 12.0. The van der Waals surface area contributed by atoms with E-state index in [1.165, 1.54) is 5.56 Å². The molecule has 0 aliphatic carbocycles. The molecule has 1 aliphatic heterocycles. The Morgan fingerprint density at radius 2 is 2.10 bits per heavy atom. The van der Waals surface area contributed by atoms with Gasteiger partial charge in [-0.05, 0) is 37.1 Å². The molecular formula is C17H20N2O2. The predicted molar refractivity (Wildman–Crippen MR) is 80.5 cm³/mol. The third-order valence-electron chi connectivity index (χ3n) is 3.93. The van der Waals surface area contributed by atoms with Crippen LogP contribution in [0.4, 0.5) is 0 Å². The number of rotatable bonds is 5. The monoisotopic (exact) mass is 284 g/mol. The van der Waals surface area contributed by atoms with Crippen LogP contribution < -0.4 is 5.32 Å². The van der Waals surface area contributed by atoms with Crippen LogP contribution in [0.1, 0.15) is 30.2 Å². The topological polar surface area (TPSA) is 45.5 Å². The summed E-state index contributed by atoms with van der Waals surface area (Å²) in [6, 6.07) is 14.5. The van der Waals surface area contributed by atoms with Crippen LogP contribution in [0, 0.1) is 0 Å². The van der Waals surface area contributed by atoms with E-state index >= 15 is 0 Å². The van der Waals surface area contributed by atoms with Gasteiger partial charge in [-0.3, -0.25) is 9.69 Å². The number of likely N-dealkylation sites (tertiary alicyclic amines) is 1. The van der Waals surface area contributed by atoms with Crippen molar-refractivity contribution in [3.63, 3.8) is 0 Å². The van der Waals surface area contributed by atoms with E-state index in [9.17, 15) is 4.79 Å². The van der Waals surface area contributed by atoms with Crippen LogP contribution in [0.2, 0.25) is 0 Å². The molecule has 1 saturated heterocycles. The highest BCUT2D eigenvalue weighted by Gasteiger charge is 2.27. The van der Waals surface area contributed by atoms with Gasteiger partial charge in [0.15, 0.2) is 0 Å². The van der Waals surface area contributed by atoms with Gasteiger partial charge in [0.1, 0.15) is 5.76 Å². The zero-order chi connectivity index (χ0) is 14.5. The van der Waals surface area contributed by atoms with Crippen molar-refractivity contribution in [2.45, 2.75) is 25.4 Å². The van der Waals surface area contributed by atoms with Crippen LogP contribution in [0.3, 0.4) is 0 Å². The Labute approximate surface area is 124 Å². The van der Waals surface area contributed by atoms with Gasteiger partial charge in [-0.2, -0.15) is 0 Å². The molecule has 1 aliphatic rings. The largest absolute Gasteiger partial charge is 0.467 e. The SMILES string of the molecule is O=C(CN1CCC[C@H]1c1ccccc1)NCc1ccco1. The minimum absolute atomic E-state index is 0.0502. The molecule has 4 nitrogen and oxygen atoms in total. The van der Waals surface area contributed by atoms with E-state index in [0.717, 1.165) is 25.1 Å². The van der Waals surface area contributed by atoms with Crippen molar-refractivity contribution in [3.05, 3.63) is 60.1 Å². The molecule has 21 heavy (non-hydrogen) atoms. The molecule has 0 bridgehead atoms. The Kier molecular flexibility index (Phi) is 4.36. The fourth-order valence-electron chi connectivity index (χ4n) is 2.91. The molecule has 110 valence electrons. The molecule has 1 atom stereocenters. The van der Waals surface area contributed by atoms with Gasteiger partial charge in [0.25, 0.3) is 0 Å². The fraction of sp³-hybridized carbons (Fsp3) is 0.353. The lowest BCUT2D eigenvalue weighted by Crippen LogP contribution is -2.36. The maximum Gasteiger partial charge on any atom is 0.234 e. The highest BCUT2D eigenvalue weighted by atomic mass is 16.3. The summed E-state index contributed by atoms with van der Waals surface area (Å²) in [5, 5.41) is 2.91. The summed E-state index contributed by atoms with van der Waals surface area (Å²) in [6.45, 7) is 1.88. The molecule has 0 saturated carbocycles. The Balaban J connectivity index is 1.55. The third kappa shape index (κ3) is 3.52. The highest BCUT2D eigenvalue weighted by Crippen LogP contribution is 2.31. The number of hydrogen-bond donors (Lipinski definition) is 1. The van der Waals surface area contributed by atoms with Gasteiger partial charge < -0.3 is 9.73 Å². The molecule has 0 spiro atoms. The lowest BCUT2D eigenvalue weighted by molar-refractivity contribution is -0.122. The lowest BCUT2D eigenvalue weighted by atomic mass is 10.0. The number of carbonyl (C=O) groups is 1. The summed E-state index contributed by atoms with van der Waals surface area (Å²) in [5.41, 5.74) is 1.30. The first-order chi connectivity index (χ1) is 10.3. The van der Waals surface area contributed by atoms with Crippen LogP contribution in [0.5, 0.6) is 0 Å². The van der Waals surface area contributed by atoms with E-state index in [0.29, 0.717) is 19.1 Å². The van der Waals surface area contributed by atoms with E-state index in [1.54, 1.807) is 6.26 Å². The first kappa shape index (κ1) is 13.9. The number of hydrogen-bond acceptors (Lipinski definition) is 3. The van der Waals surface area contributed by atoms with Crippen molar-refractivity contribution in [1.29, 1.82) is 0 Å². The summed E-state index contributed by atoms with van der Waals surface area (Å²) in [7, 11) is 0. The normalized spacial score (nSPS) is 18.8. The molecule has 4 heteroatoms. The van der Waals surface area contributed by atoms with Crippen molar-refractivity contribution in [3.8, 4) is 0 Å². The quantitative estimate of drug-likeness (QED) is 0.918. The van der Waals surface area contributed by atoms with E-state index in [2.05, 4.69) is 34.5 Å². The van der Waals surface area contributed by atoms with Gasteiger partial charge in [-0.15, -0.1) is 0 Å². The third-order valence-corrected chi connectivity index (χ3v) is 3.93. The van der Waals surface area contributed by atoms with E-state index in [1.807, 2.05) is 18.2 Å². The molecule has 2 heterocycles. The molecule has 1 fully saturated rings. The summed E-state index contributed by atoms with van der Waals surface area (Å²) < 4.78 is 5.22. The number of amides is 1. The molecule has 1 aromatic carbocycles. The molecular weight excluding hydrogens is 264 g/mol. The molecule has 1 amide bonds. The molecule has 2 aromatic rings. The van der Waals surface area contributed by atoms with Crippen LogP contribution in [0.15, 0.2) is 53.1 Å². The average Bonchev–Trinajstić information content (AvgIpc) is 3.17. The fourth-order valence-corrected chi connectivity index (χ4v) is 2.91. The minimum Gasteiger partial charge on any atom is -0.467 e. The van der Waals surface area contributed by atoms with Crippen LogP contribution >= 0.6 is 0 Å². The Morgan fingerprint density at radius 1 is 1.24 bits per heavy atom. The standard InChI is InChI=1S/C17H20N2O2/c20-17(18-12-15-8-5-11-21-15)13-19-10-4-9-16(19)14-6-2-1-3-7-14/h1-3,5-8,11,16H,4,9-10,12-13H2,(H,18,20)/t16-/m0/s1. The van der Waals surface area contributed by atoms with Crippen molar-refractivity contribution in [2.75, 3.05) is 13.1 Å². The second kappa shape index (κ2) is 6.59.